The van der Waals surface area contributed by atoms with Crippen molar-refractivity contribution in [2.75, 3.05) is 0 Å². The molecule has 0 aliphatic rings. The Kier molecular flexibility index (Phi) is 6.14. The van der Waals surface area contributed by atoms with Crippen LogP contribution in [-0.2, 0) is 28.4 Å². The van der Waals surface area contributed by atoms with Crippen molar-refractivity contribution in [3.8, 4) is 0 Å². The third-order valence-electron chi connectivity index (χ3n) is 4.89. The molecule has 3 aromatic rings. The van der Waals surface area contributed by atoms with Crippen LogP contribution in [0.25, 0.3) is 11.1 Å². The summed E-state index contributed by atoms with van der Waals surface area (Å²) in [7, 11) is -2.48. The molecular weight excluding hydrogens is 406 g/mol. The average Bonchev–Trinajstić information content (AvgIpc) is 2.98. The van der Waals surface area contributed by atoms with Crippen LogP contribution in [0.2, 0.25) is 0 Å². The number of hydrogen-bond acceptors (Lipinski definition) is 5. The summed E-state index contributed by atoms with van der Waals surface area (Å²) in [6, 6.07) is 10.9. The first-order chi connectivity index (χ1) is 14.1. The van der Waals surface area contributed by atoms with Gasteiger partial charge in [0.25, 0.3) is 0 Å². The summed E-state index contributed by atoms with van der Waals surface area (Å²) >= 11 is 0. The van der Waals surface area contributed by atoms with Crippen molar-refractivity contribution in [1.82, 2.24) is 14.6 Å². The first-order valence-corrected chi connectivity index (χ1v) is 11.0. The number of rotatable bonds is 7. The number of aryl methyl sites for hydroxylation is 2. The van der Waals surface area contributed by atoms with Crippen LogP contribution in [-0.4, -0.2) is 24.9 Å². The fourth-order valence-electron chi connectivity index (χ4n) is 3.01. The van der Waals surface area contributed by atoms with Gasteiger partial charge in [-0.15, -0.1) is 0 Å². The molecule has 160 valence electrons. The van der Waals surface area contributed by atoms with Gasteiger partial charge in [0.2, 0.25) is 15.9 Å². The number of hydrogen-bond donors (Lipinski definition) is 2. The SMILES string of the molecule is Cc1ccc(CNC(=O)[C@H](NS(=O)(=O)c2ccc3c(c2)oc(=O)n3C)C(C)C)cc1. The van der Waals surface area contributed by atoms with Crippen molar-refractivity contribution in [2.45, 2.75) is 38.3 Å². The molecule has 1 heterocycles. The van der Waals surface area contributed by atoms with Crippen molar-refractivity contribution in [2.24, 2.45) is 13.0 Å². The quantitative estimate of drug-likeness (QED) is 0.595. The molecule has 0 unspecified atom stereocenters. The molecule has 1 aromatic heterocycles. The molecule has 0 bridgehead atoms. The molecule has 8 nitrogen and oxygen atoms in total. The van der Waals surface area contributed by atoms with E-state index in [0.717, 1.165) is 11.1 Å². The van der Waals surface area contributed by atoms with E-state index >= 15 is 0 Å². The summed E-state index contributed by atoms with van der Waals surface area (Å²) in [5.41, 5.74) is 2.68. The maximum Gasteiger partial charge on any atom is 0.419 e. The van der Waals surface area contributed by atoms with Crippen LogP contribution in [0.5, 0.6) is 0 Å². The minimum Gasteiger partial charge on any atom is -0.408 e. The second-order valence-corrected chi connectivity index (χ2v) is 9.32. The van der Waals surface area contributed by atoms with E-state index in [-0.39, 0.29) is 16.4 Å². The molecule has 0 fully saturated rings. The molecule has 2 N–H and O–H groups in total. The predicted molar refractivity (Wildman–Crippen MR) is 113 cm³/mol. The van der Waals surface area contributed by atoms with E-state index in [1.807, 2.05) is 31.2 Å². The van der Waals surface area contributed by atoms with Gasteiger partial charge in [-0.1, -0.05) is 43.7 Å². The van der Waals surface area contributed by atoms with E-state index in [1.165, 1.54) is 29.8 Å². The molecule has 0 saturated carbocycles. The van der Waals surface area contributed by atoms with E-state index in [0.29, 0.717) is 12.1 Å². The molecule has 0 saturated heterocycles. The minimum absolute atomic E-state index is 0.0821. The summed E-state index contributed by atoms with van der Waals surface area (Å²) in [5, 5.41) is 2.79. The molecule has 0 aliphatic heterocycles. The zero-order valence-corrected chi connectivity index (χ0v) is 18.1. The number of fused-ring (bicyclic) bond motifs is 1. The number of amides is 1. The molecule has 0 spiro atoms. The van der Waals surface area contributed by atoms with Crippen LogP contribution in [0.4, 0.5) is 0 Å². The molecular formula is C21H25N3O5S. The molecule has 0 radical (unpaired) electrons. The number of nitrogens with one attached hydrogen (secondary N) is 2. The molecule has 2 aromatic carbocycles. The highest BCUT2D eigenvalue weighted by Gasteiger charge is 2.28. The second-order valence-electron chi connectivity index (χ2n) is 7.60. The van der Waals surface area contributed by atoms with Crippen molar-refractivity contribution >= 4 is 27.0 Å². The largest absolute Gasteiger partial charge is 0.419 e. The third-order valence-corrected chi connectivity index (χ3v) is 6.33. The summed E-state index contributed by atoms with van der Waals surface area (Å²) in [4.78, 5) is 24.3. The van der Waals surface area contributed by atoms with E-state index in [1.54, 1.807) is 13.8 Å². The van der Waals surface area contributed by atoms with Crippen LogP contribution in [0, 0.1) is 12.8 Å². The smallest absolute Gasteiger partial charge is 0.408 e. The van der Waals surface area contributed by atoms with Gasteiger partial charge in [-0.25, -0.2) is 13.2 Å². The number of sulfonamides is 1. The van der Waals surface area contributed by atoms with Gasteiger partial charge in [0.15, 0.2) is 5.58 Å². The first-order valence-electron chi connectivity index (χ1n) is 9.53. The van der Waals surface area contributed by atoms with Crippen molar-refractivity contribution in [3.05, 3.63) is 64.1 Å². The number of benzene rings is 2. The summed E-state index contributed by atoms with van der Waals surface area (Å²) in [6.07, 6.45) is 0. The second kappa shape index (κ2) is 8.45. The van der Waals surface area contributed by atoms with Gasteiger partial charge in [-0.05, 0) is 30.5 Å². The first kappa shape index (κ1) is 21.8. The lowest BCUT2D eigenvalue weighted by molar-refractivity contribution is -0.123. The lowest BCUT2D eigenvalue weighted by Gasteiger charge is -2.21. The molecule has 3 rings (SSSR count). The van der Waals surface area contributed by atoms with Gasteiger partial charge in [0.1, 0.15) is 6.04 Å². The average molecular weight is 432 g/mol. The maximum absolute atomic E-state index is 12.9. The van der Waals surface area contributed by atoms with Crippen LogP contribution < -0.4 is 15.8 Å². The summed E-state index contributed by atoms with van der Waals surface area (Å²) in [6.45, 7) is 5.80. The van der Waals surface area contributed by atoms with Gasteiger partial charge < -0.3 is 9.73 Å². The van der Waals surface area contributed by atoms with Crippen molar-refractivity contribution in [3.63, 3.8) is 0 Å². The lowest BCUT2D eigenvalue weighted by atomic mass is 10.0. The highest BCUT2D eigenvalue weighted by atomic mass is 32.2. The van der Waals surface area contributed by atoms with Gasteiger partial charge in [0.05, 0.1) is 10.4 Å². The molecule has 1 atom stereocenters. The number of carbonyl (C=O) groups excluding carboxylic acids is 1. The Balaban J connectivity index is 1.78. The van der Waals surface area contributed by atoms with Gasteiger partial charge in [0, 0.05) is 19.7 Å². The minimum atomic E-state index is -4.02. The monoisotopic (exact) mass is 431 g/mol. The van der Waals surface area contributed by atoms with Gasteiger partial charge in [-0.2, -0.15) is 4.72 Å². The van der Waals surface area contributed by atoms with Crippen LogP contribution in [0.15, 0.2) is 56.6 Å². The van der Waals surface area contributed by atoms with E-state index in [9.17, 15) is 18.0 Å². The van der Waals surface area contributed by atoms with Gasteiger partial charge in [-0.3, -0.25) is 9.36 Å². The normalized spacial score (nSPS) is 13.0. The Hall–Kier alpha value is -2.91. The number of oxazole rings is 1. The Morgan fingerprint density at radius 1 is 1.13 bits per heavy atom. The van der Waals surface area contributed by atoms with E-state index in [2.05, 4.69) is 10.0 Å². The zero-order valence-electron chi connectivity index (χ0n) is 17.3. The van der Waals surface area contributed by atoms with Crippen molar-refractivity contribution in [1.29, 1.82) is 0 Å². The molecule has 9 heteroatoms. The highest BCUT2D eigenvalue weighted by Crippen LogP contribution is 2.19. The Morgan fingerprint density at radius 2 is 1.80 bits per heavy atom. The third kappa shape index (κ3) is 4.63. The predicted octanol–water partition coefficient (Wildman–Crippen LogP) is 2.06. The Morgan fingerprint density at radius 3 is 2.43 bits per heavy atom. The topological polar surface area (TPSA) is 110 Å². The van der Waals surface area contributed by atoms with Crippen molar-refractivity contribution < 1.29 is 17.6 Å². The molecule has 1 amide bonds. The summed E-state index contributed by atoms with van der Waals surface area (Å²) < 4.78 is 34.6. The standard InChI is InChI=1S/C21H25N3O5S/c1-13(2)19(20(25)22-12-15-7-5-14(3)6-8-15)23-30(27,28)16-9-10-17-18(11-16)29-21(26)24(17)4/h5-11,13,19,23H,12H2,1-4H3,(H,22,25)/t19-/m1/s1. The highest BCUT2D eigenvalue weighted by molar-refractivity contribution is 7.89. The molecule has 30 heavy (non-hydrogen) atoms. The number of carbonyl (C=O) groups is 1. The fraction of sp³-hybridized carbons (Fsp3) is 0.333. The summed E-state index contributed by atoms with van der Waals surface area (Å²) in [5.74, 6) is -1.28. The maximum atomic E-state index is 12.9. The lowest BCUT2D eigenvalue weighted by Crippen LogP contribution is -2.49. The van der Waals surface area contributed by atoms with E-state index in [4.69, 9.17) is 4.42 Å². The Bertz CT molecular complexity index is 1220. The number of aromatic nitrogens is 1. The zero-order chi connectivity index (χ0) is 22.1. The van der Waals surface area contributed by atoms with Crippen LogP contribution in [0.1, 0.15) is 25.0 Å². The van der Waals surface area contributed by atoms with Gasteiger partial charge >= 0.3 is 5.76 Å². The van der Waals surface area contributed by atoms with Crippen LogP contribution in [0.3, 0.4) is 0 Å². The number of nitrogens with zero attached hydrogens (tertiary/aromatic N) is 1. The molecule has 0 aliphatic carbocycles. The Labute approximate surface area is 174 Å². The van der Waals surface area contributed by atoms with E-state index < -0.39 is 27.7 Å². The fourth-order valence-corrected chi connectivity index (χ4v) is 4.37. The van der Waals surface area contributed by atoms with Crippen LogP contribution >= 0.6 is 0 Å².